The third-order valence-corrected chi connectivity index (χ3v) is 4.98. The van der Waals surface area contributed by atoms with Gasteiger partial charge in [0.2, 0.25) is 0 Å². The number of benzene rings is 3. The number of nitrogens with zero attached hydrogens (tertiary/aromatic N) is 1. The summed E-state index contributed by atoms with van der Waals surface area (Å²) >= 11 is 0. The lowest BCUT2D eigenvalue weighted by atomic mass is 10.1. The zero-order chi connectivity index (χ0) is 25.4. The van der Waals surface area contributed by atoms with E-state index in [1.807, 2.05) is 32.0 Å². The van der Waals surface area contributed by atoms with Gasteiger partial charge in [-0.2, -0.15) is 5.26 Å². The summed E-state index contributed by atoms with van der Waals surface area (Å²) in [6.07, 6.45) is 1.44. The number of amides is 2. The van der Waals surface area contributed by atoms with Crippen molar-refractivity contribution in [3.8, 4) is 17.6 Å². The molecule has 0 saturated carbocycles. The lowest BCUT2D eigenvalue weighted by molar-refractivity contribution is -0.118. The molecule has 0 bridgehead atoms. The summed E-state index contributed by atoms with van der Waals surface area (Å²) in [6, 6.07) is 17.7. The highest BCUT2D eigenvalue weighted by Gasteiger charge is 2.13. The molecule has 8 heteroatoms. The van der Waals surface area contributed by atoms with Crippen molar-refractivity contribution in [2.45, 2.75) is 13.8 Å². The van der Waals surface area contributed by atoms with Crippen LogP contribution < -0.4 is 20.1 Å². The number of anilines is 2. The summed E-state index contributed by atoms with van der Waals surface area (Å²) < 4.78 is 23.9. The third-order valence-electron chi connectivity index (χ3n) is 4.98. The molecule has 3 rings (SSSR count). The van der Waals surface area contributed by atoms with Gasteiger partial charge in [0.05, 0.1) is 7.11 Å². The number of halogens is 1. The van der Waals surface area contributed by atoms with E-state index in [0.29, 0.717) is 28.4 Å². The Bertz CT molecular complexity index is 1310. The number of hydrogen-bond acceptors (Lipinski definition) is 5. The lowest BCUT2D eigenvalue weighted by Crippen LogP contribution is -2.20. The molecule has 0 saturated heterocycles. The normalized spacial score (nSPS) is 10.8. The van der Waals surface area contributed by atoms with Crippen molar-refractivity contribution in [2.24, 2.45) is 0 Å². The van der Waals surface area contributed by atoms with Gasteiger partial charge in [-0.25, -0.2) is 4.39 Å². The quantitative estimate of drug-likeness (QED) is 0.354. The maximum atomic E-state index is 13.0. The molecule has 0 spiro atoms. The molecule has 0 aliphatic heterocycles. The monoisotopic (exact) mass is 473 g/mol. The molecule has 0 heterocycles. The molecule has 0 aromatic heterocycles. The Labute approximate surface area is 202 Å². The fourth-order valence-corrected chi connectivity index (χ4v) is 3.23. The number of hydrogen-bond donors (Lipinski definition) is 2. The second-order valence-corrected chi connectivity index (χ2v) is 7.70. The summed E-state index contributed by atoms with van der Waals surface area (Å²) in [5.41, 5.74) is 3.48. The van der Waals surface area contributed by atoms with Crippen molar-refractivity contribution in [3.63, 3.8) is 0 Å². The van der Waals surface area contributed by atoms with E-state index in [1.165, 1.54) is 37.5 Å². The van der Waals surface area contributed by atoms with Gasteiger partial charge in [-0.05, 0) is 73.5 Å². The summed E-state index contributed by atoms with van der Waals surface area (Å²) in [4.78, 5) is 24.8. The van der Waals surface area contributed by atoms with E-state index in [9.17, 15) is 19.2 Å². The van der Waals surface area contributed by atoms with E-state index in [1.54, 1.807) is 24.3 Å². The number of rotatable bonds is 8. The van der Waals surface area contributed by atoms with Gasteiger partial charge in [0.25, 0.3) is 11.8 Å². The number of nitriles is 1. The summed E-state index contributed by atoms with van der Waals surface area (Å²) in [5.74, 6) is -0.744. The first kappa shape index (κ1) is 25.0. The first-order chi connectivity index (χ1) is 16.8. The van der Waals surface area contributed by atoms with Crippen LogP contribution in [0.3, 0.4) is 0 Å². The van der Waals surface area contributed by atoms with Crippen molar-refractivity contribution in [3.05, 3.63) is 88.7 Å². The fraction of sp³-hybridized carbons (Fsp3) is 0.148. The van der Waals surface area contributed by atoms with E-state index in [0.717, 1.165) is 11.1 Å². The van der Waals surface area contributed by atoms with Crippen molar-refractivity contribution in [1.29, 1.82) is 5.26 Å². The number of carbonyl (C=O) groups is 2. The molecule has 0 aliphatic rings. The van der Waals surface area contributed by atoms with Gasteiger partial charge in [0, 0.05) is 11.4 Å². The highest BCUT2D eigenvalue weighted by atomic mass is 19.1. The Morgan fingerprint density at radius 3 is 2.40 bits per heavy atom. The SMILES string of the molecule is COc1cc(/C=C(\C#N)C(=O)Nc2ccc(C)cc2C)ccc1OCC(=O)Nc1ccc(F)cc1. The van der Waals surface area contributed by atoms with Gasteiger partial charge >= 0.3 is 0 Å². The smallest absolute Gasteiger partial charge is 0.266 e. The van der Waals surface area contributed by atoms with Crippen LogP contribution in [0.4, 0.5) is 15.8 Å². The molecule has 0 atom stereocenters. The number of nitrogens with one attached hydrogen (secondary N) is 2. The molecule has 0 unspecified atom stereocenters. The van der Waals surface area contributed by atoms with E-state index in [-0.39, 0.29) is 12.2 Å². The number of carbonyl (C=O) groups excluding carboxylic acids is 2. The summed E-state index contributed by atoms with van der Waals surface area (Å²) in [7, 11) is 1.44. The first-order valence-electron chi connectivity index (χ1n) is 10.7. The van der Waals surface area contributed by atoms with Crippen LogP contribution >= 0.6 is 0 Å². The number of methoxy groups -OCH3 is 1. The minimum Gasteiger partial charge on any atom is -0.493 e. The highest BCUT2D eigenvalue weighted by molar-refractivity contribution is 6.10. The second-order valence-electron chi connectivity index (χ2n) is 7.70. The van der Waals surface area contributed by atoms with E-state index in [2.05, 4.69) is 10.6 Å². The first-order valence-corrected chi connectivity index (χ1v) is 10.7. The van der Waals surface area contributed by atoms with E-state index in [4.69, 9.17) is 9.47 Å². The van der Waals surface area contributed by atoms with Gasteiger partial charge in [-0.3, -0.25) is 9.59 Å². The molecular formula is C27H24FN3O4. The zero-order valence-electron chi connectivity index (χ0n) is 19.5. The van der Waals surface area contributed by atoms with E-state index < -0.39 is 17.6 Å². The second kappa shape index (κ2) is 11.5. The molecule has 0 fully saturated rings. The van der Waals surface area contributed by atoms with Crippen LogP contribution in [0.5, 0.6) is 11.5 Å². The van der Waals surface area contributed by atoms with Gasteiger partial charge in [-0.15, -0.1) is 0 Å². The van der Waals surface area contributed by atoms with Crippen LogP contribution in [0.15, 0.2) is 66.2 Å². The average Bonchev–Trinajstić information content (AvgIpc) is 2.84. The molecule has 3 aromatic rings. The maximum Gasteiger partial charge on any atom is 0.266 e. The maximum absolute atomic E-state index is 13.0. The minimum absolute atomic E-state index is 0.0839. The Hall–Kier alpha value is -4.64. The molecule has 35 heavy (non-hydrogen) atoms. The Morgan fingerprint density at radius 1 is 1.00 bits per heavy atom. The highest BCUT2D eigenvalue weighted by Crippen LogP contribution is 2.29. The summed E-state index contributed by atoms with van der Waals surface area (Å²) in [5, 5.41) is 14.9. The zero-order valence-corrected chi connectivity index (χ0v) is 19.5. The lowest BCUT2D eigenvalue weighted by Gasteiger charge is -2.12. The number of aryl methyl sites for hydroxylation is 2. The van der Waals surface area contributed by atoms with Gasteiger partial charge in [-0.1, -0.05) is 23.8 Å². The third kappa shape index (κ3) is 6.92. The molecular weight excluding hydrogens is 449 g/mol. The Morgan fingerprint density at radius 2 is 1.74 bits per heavy atom. The van der Waals surface area contributed by atoms with Gasteiger partial charge < -0.3 is 20.1 Å². The molecule has 0 radical (unpaired) electrons. The molecule has 7 nitrogen and oxygen atoms in total. The molecule has 178 valence electrons. The Balaban J connectivity index is 1.68. The van der Waals surface area contributed by atoms with Gasteiger partial charge in [0.15, 0.2) is 18.1 Å². The van der Waals surface area contributed by atoms with Gasteiger partial charge in [0.1, 0.15) is 17.5 Å². The predicted octanol–water partition coefficient (Wildman–Crippen LogP) is 5.01. The average molecular weight is 474 g/mol. The van der Waals surface area contributed by atoms with Crippen LogP contribution in [0.2, 0.25) is 0 Å². The molecule has 3 aromatic carbocycles. The van der Waals surface area contributed by atoms with Crippen LogP contribution in [0.1, 0.15) is 16.7 Å². The van der Waals surface area contributed by atoms with Crippen LogP contribution in [-0.4, -0.2) is 25.5 Å². The largest absolute Gasteiger partial charge is 0.493 e. The molecule has 2 amide bonds. The molecule has 0 aliphatic carbocycles. The van der Waals surface area contributed by atoms with E-state index >= 15 is 0 Å². The van der Waals surface area contributed by atoms with Crippen molar-refractivity contribution < 1.29 is 23.5 Å². The van der Waals surface area contributed by atoms with Crippen molar-refractivity contribution in [2.75, 3.05) is 24.4 Å². The number of ether oxygens (including phenoxy) is 2. The molecule has 2 N–H and O–H groups in total. The standard InChI is InChI=1S/C27H24FN3O4/c1-17-4-10-23(18(2)12-17)31-27(33)20(15-29)13-19-5-11-24(25(14-19)34-3)35-16-26(32)30-22-8-6-21(28)7-9-22/h4-14H,16H2,1-3H3,(H,30,32)(H,31,33)/b20-13+. The Kier molecular flexibility index (Phi) is 8.20. The van der Waals surface area contributed by atoms with Crippen LogP contribution in [0, 0.1) is 31.0 Å². The fourth-order valence-electron chi connectivity index (χ4n) is 3.23. The minimum atomic E-state index is -0.531. The van der Waals surface area contributed by atoms with Crippen molar-refractivity contribution in [1.82, 2.24) is 0 Å². The van der Waals surface area contributed by atoms with Crippen molar-refractivity contribution >= 4 is 29.3 Å². The van der Waals surface area contributed by atoms with Crippen LogP contribution in [0.25, 0.3) is 6.08 Å². The summed E-state index contributed by atoms with van der Waals surface area (Å²) in [6.45, 7) is 3.53. The topological polar surface area (TPSA) is 100 Å². The predicted molar refractivity (Wildman–Crippen MR) is 132 cm³/mol. The van der Waals surface area contributed by atoms with Crippen LogP contribution in [-0.2, 0) is 9.59 Å².